The summed E-state index contributed by atoms with van der Waals surface area (Å²) < 4.78 is 6.69. The Bertz CT molecular complexity index is 655. The summed E-state index contributed by atoms with van der Waals surface area (Å²) in [4.78, 5) is 22.6. The molecule has 1 heterocycles. The first-order valence-corrected chi connectivity index (χ1v) is 6.58. The van der Waals surface area contributed by atoms with E-state index in [9.17, 15) is 14.7 Å². The first-order valence-electron chi connectivity index (χ1n) is 6.58. The van der Waals surface area contributed by atoms with E-state index in [2.05, 4.69) is 0 Å². The largest absolute Gasteiger partial charge is 0.497 e. The molecule has 0 radical (unpaired) electrons. The number of carboxylic acids is 1. The van der Waals surface area contributed by atoms with Gasteiger partial charge in [-0.05, 0) is 37.1 Å². The molecular weight excluding hydrogens is 270 g/mol. The molecule has 1 N–H and O–H groups in total. The number of aromatic carboxylic acids is 1. The second-order valence-electron chi connectivity index (χ2n) is 4.77. The van der Waals surface area contributed by atoms with E-state index >= 15 is 0 Å². The van der Waals surface area contributed by atoms with Gasteiger partial charge in [0, 0.05) is 18.3 Å². The fourth-order valence-corrected chi connectivity index (χ4v) is 2.11. The molecule has 0 fully saturated rings. The van der Waals surface area contributed by atoms with Crippen LogP contribution < -0.4 is 4.74 Å². The molecule has 0 atom stereocenters. The van der Waals surface area contributed by atoms with Crippen LogP contribution >= 0.6 is 0 Å². The van der Waals surface area contributed by atoms with Gasteiger partial charge in [-0.25, -0.2) is 4.79 Å². The molecular formula is C16H17NO4. The normalized spacial score (nSPS) is 10.4. The number of Topliss-reactive ketones (excluding diaryl/α,β-unsaturated/α-hetero) is 1. The van der Waals surface area contributed by atoms with E-state index in [0.29, 0.717) is 18.5 Å². The van der Waals surface area contributed by atoms with Crippen molar-refractivity contribution < 1.29 is 19.4 Å². The highest BCUT2D eigenvalue weighted by atomic mass is 16.5. The minimum Gasteiger partial charge on any atom is -0.497 e. The van der Waals surface area contributed by atoms with E-state index < -0.39 is 5.97 Å². The predicted octanol–water partition coefficient (Wildman–Crippen LogP) is 2.64. The zero-order valence-electron chi connectivity index (χ0n) is 12.0. The Morgan fingerprint density at radius 1 is 1.24 bits per heavy atom. The summed E-state index contributed by atoms with van der Waals surface area (Å²) >= 11 is 0. The summed E-state index contributed by atoms with van der Waals surface area (Å²) in [6.45, 7) is 1.93. The Kier molecular flexibility index (Phi) is 4.42. The van der Waals surface area contributed by atoms with Crippen LogP contribution in [0.2, 0.25) is 0 Å². The maximum atomic E-state index is 11.4. The number of carbonyl (C=O) groups excluding carboxylic acids is 1. The third kappa shape index (κ3) is 3.51. The average molecular weight is 287 g/mol. The molecule has 0 unspecified atom stereocenters. The van der Waals surface area contributed by atoms with Crippen LogP contribution in [0.3, 0.4) is 0 Å². The molecule has 1 aromatic heterocycles. The number of ketones is 1. The standard InChI is InChI=1S/C16H17NO4/c1-11(18)13-9-15(16(19)20)17(10-13)8-7-12-3-5-14(21-2)6-4-12/h3-6,9-10H,7-8H2,1-2H3,(H,19,20). The highest BCUT2D eigenvalue weighted by Gasteiger charge is 2.14. The SMILES string of the molecule is COc1ccc(CCn2cc(C(C)=O)cc2C(=O)O)cc1. The molecule has 0 aliphatic rings. The van der Waals surface area contributed by atoms with Crippen molar-refractivity contribution in [2.45, 2.75) is 19.9 Å². The number of hydrogen-bond acceptors (Lipinski definition) is 3. The Balaban J connectivity index is 2.14. The number of aromatic nitrogens is 1. The number of methoxy groups -OCH3 is 1. The zero-order valence-corrected chi connectivity index (χ0v) is 12.0. The number of nitrogens with zero attached hydrogens (tertiary/aromatic N) is 1. The summed E-state index contributed by atoms with van der Waals surface area (Å²) in [7, 11) is 1.61. The first kappa shape index (κ1) is 14.8. The number of carboxylic acid groups (broad SMARTS) is 1. The monoisotopic (exact) mass is 287 g/mol. The van der Waals surface area contributed by atoms with Gasteiger partial charge in [-0.3, -0.25) is 4.79 Å². The Morgan fingerprint density at radius 3 is 2.43 bits per heavy atom. The van der Waals surface area contributed by atoms with Gasteiger partial charge in [-0.1, -0.05) is 12.1 Å². The first-order chi connectivity index (χ1) is 10.0. The van der Waals surface area contributed by atoms with Crippen LogP contribution in [0.25, 0.3) is 0 Å². The smallest absolute Gasteiger partial charge is 0.352 e. The van der Waals surface area contributed by atoms with Gasteiger partial charge in [-0.15, -0.1) is 0 Å². The minimum absolute atomic E-state index is 0.133. The van der Waals surface area contributed by atoms with Crippen molar-refractivity contribution in [2.24, 2.45) is 0 Å². The lowest BCUT2D eigenvalue weighted by Crippen LogP contribution is -2.09. The molecule has 0 amide bonds. The van der Waals surface area contributed by atoms with Gasteiger partial charge in [-0.2, -0.15) is 0 Å². The quantitative estimate of drug-likeness (QED) is 0.829. The molecule has 0 bridgehead atoms. The van der Waals surface area contributed by atoms with E-state index in [1.165, 1.54) is 13.0 Å². The van der Waals surface area contributed by atoms with Crippen LogP contribution in [0.5, 0.6) is 5.75 Å². The molecule has 0 spiro atoms. The highest BCUT2D eigenvalue weighted by Crippen LogP contribution is 2.14. The fourth-order valence-electron chi connectivity index (χ4n) is 2.11. The second-order valence-corrected chi connectivity index (χ2v) is 4.77. The van der Waals surface area contributed by atoms with Crippen LogP contribution in [0.15, 0.2) is 36.5 Å². The Hall–Kier alpha value is -2.56. The van der Waals surface area contributed by atoms with Gasteiger partial charge in [0.2, 0.25) is 0 Å². The van der Waals surface area contributed by atoms with Crippen LogP contribution in [0, 0.1) is 0 Å². The van der Waals surface area contributed by atoms with Crippen LogP contribution in [-0.4, -0.2) is 28.5 Å². The topological polar surface area (TPSA) is 68.5 Å². The molecule has 5 heteroatoms. The van der Waals surface area contributed by atoms with Crippen molar-refractivity contribution in [1.82, 2.24) is 4.57 Å². The number of rotatable bonds is 6. The number of aryl methyl sites for hydroxylation is 2. The van der Waals surface area contributed by atoms with Crippen molar-refractivity contribution in [1.29, 1.82) is 0 Å². The summed E-state index contributed by atoms with van der Waals surface area (Å²) in [6.07, 6.45) is 2.27. The molecule has 0 aliphatic carbocycles. The lowest BCUT2D eigenvalue weighted by molar-refractivity contribution is 0.0685. The molecule has 1 aromatic carbocycles. The number of benzene rings is 1. The van der Waals surface area contributed by atoms with Gasteiger partial charge >= 0.3 is 5.97 Å². The van der Waals surface area contributed by atoms with Gasteiger partial charge in [0.25, 0.3) is 0 Å². The molecule has 110 valence electrons. The van der Waals surface area contributed by atoms with Gasteiger partial charge in [0.15, 0.2) is 5.78 Å². The van der Waals surface area contributed by atoms with Gasteiger partial charge in [0.05, 0.1) is 7.11 Å². The van der Waals surface area contributed by atoms with Crippen molar-refractivity contribution in [3.8, 4) is 5.75 Å². The third-order valence-corrected chi connectivity index (χ3v) is 3.32. The third-order valence-electron chi connectivity index (χ3n) is 3.32. The van der Waals surface area contributed by atoms with Gasteiger partial charge in [0.1, 0.15) is 11.4 Å². The van der Waals surface area contributed by atoms with Crippen molar-refractivity contribution in [3.05, 3.63) is 53.3 Å². The van der Waals surface area contributed by atoms with Crippen molar-refractivity contribution in [3.63, 3.8) is 0 Å². The van der Waals surface area contributed by atoms with E-state index in [0.717, 1.165) is 11.3 Å². The lowest BCUT2D eigenvalue weighted by Gasteiger charge is -2.07. The maximum Gasteiger partial charge on any atom is 0.352 e. The van der Waals surface area contributed by atoms with Crippen molar-refractivity contribution in [2.75, 3.05) is 7.11 Å². The number of carbonyl (C=O) groups is 2. The molecule has 2 rings (SSSR count). The van der Waals surface area contributed by atoms with E-state index in [1.807, 2.05) is 24.3 Å². The lowest BCUT2D eigenvalue weighted by atomic mass is 10.1. The van der Waals surface area contributed by atoms with E-state index in [4.69, 9.17) is 4.74 Å². The summed E-state index contributed by atoms with van der Waals surface area (Å²) in [5.41, 5.74) is 1.63. The van der Waals surface area contributed by atoms with Gasteiger partial charge < -0.3 is 14.4 Å². The second kappa shape index (κ2) is 6.26. The van der Waals surface area contributed by atoms with Crippen molar-refractivity contribution >= 4 is 11.8 Å². The summed E-state index contributed by atoms with van der Waals surface area (Å²) in [5.74, 6) is -0.386. The maximum absolute atomic E-state index is 11.4. The molecule has 2 aromatic rings. The van der Waals surface area contributed by atoms with Crippen LogP contribution in [0.1, 0.15) is 33.3 Å². The van der Waals surface area contributed by atoms with E-state index in [1.54, 1.807) is 17.9 Å². The number of hydrogen-bond donors (Lipinski definition) is 1. The summed E-state index contributed by atoms with van der Waals surface area (Å²) in [5, 5.41) is 9.18. The average Bonchev–Trinajstić information content (AvgIpc) is 2.90. The number of ether oxygens (including phenoxy) is 1. The molecule has 0 aliphatic heterocycles. The molecule has 5 nitrogen and oxygen atoms in total. The summed E-state index contributed by atoms with van der Waals surface area (Å²) in [6, 6.07) is 9.02. The minimum atomic E-state index is -1.03. The Morgan fingerprint density at radius 2 is 1.90 bits per heavy atom. The highest BCUT2D eigenvalue weighted by molar-refractivity contribution is 5.97. The Labute approximate surface area is 122 Å². The fraction of sp³-hybridized carbons (Fsp3) is 0.250. The molecule has 0 saturated carbocycles. The molecule has 0 saturated heterocycles. The zero-order chi connectivity index (χ0) is 15.4. The predicted molar refractivity (Wildman–Crippen MR) is 78.1 cm³/mol. The van der Waals surface area contributed by atoms with Crippen LogP contribution in [0.4, 0.5) is 0 Å². The van der Waals surface area contributed by atoms with E-state index in [-0.39, 0.29) is 11.5 Å². The van der Waals surface area contributed by atoms with Crippen LogP contribution in [-0.2, 0) is 13.0 Å². The molecule has 21 heavy (non-hydrogen) atoms.